The van der Waals surface area contributed by atoms with Crippen LogP contribution in [0.2, 0.25) is 0 Å². The van der Waals surface area contributed by atoms with Gasteiger partial charge in [0.1, 0.15) is 29.5 Å². The van der Waals surface area contributed by atoms with Crippen LogP contribution in [0.25, 0.3) is 22.2 Å². The number of amides is 1. The molecule has 1 heterocycles. The van der Waals surface area contributed by atoms with E-state index in [0.29, 0.717) is 11.0 Å². The predicted octanol–water partition coefficient (Wildman–Crippen LogP) is 6.40. The van der Waals surface area contributed by atoms with Gasteiger partial charge >= 0.3 is 6.09 Å². The van der Waals surface area contributed by atoms with Crippen molar-refractivity contribution in [2.45, 2.75) is 44.8 Å². The van der Waals surface area contributed by atoms with Crippen molar-refractivity contribution in [3.63, 3.8) is 0 Å². The first-order valence-corrected chi connectivity index (χ1v) is 14.0. The molecule has 8 heteroatoms. The third-order valence-electron chi connectivity index (χ3n) is 7.28. The second-order valence-electron chi connectivity index (χ2n) is 11.4. The number of nitrogens with zero attached hydrogens (tertiary/aromatic N) is 3. The quantitative estimate of drug-likeness (QED) is 0.248. The molecule has 8 nitrogen and oxygen atoms in total. The zero-order chi connectivity index (χ0) is 29.3. The highest BCUT2D eigenvalue weighted by molar-refractivity contribution is 5.93. The lowest BCUT2D eigenvalue weighted by atomic mass is 9.98. The Labute approximate surface area is 244 Å². The van der Waals surface area contributed by atoms with Gasteiger partial charge in [-0.3, -0.25) is 4.79 Å². The molecule has 4 aromatic carbocycles. The van der Waals surface area contributed by atoms with Gasteiger partial charge < -0.3 is 14.8 Å². The molecule has 5 aromatic rings. The molecule has 212 valence electrons. The van der Waals surface area contributed by atoms with Crippen molar-refractivity contribution < 1.29 is 19.1 Å². The minimum Gasteiger partial charge on any atom is -0.488 e. The van der Waals surface area contributed by atoms with Gasteiger partial charge in [0, 0.05) is 12.3 Å². The number of alkyl carbamates (subject to hydrolysis) is 1. The number of benzene rings is 4. The monoisotopic (exact) mass is 560 g/mol. The van der Waals surface area contributed by atoms with Crippen LogP contribution in [0.1, 0.15) is 48.2 Å². The maximum Gasteiger partial charge on any atom is 0.407 e. The highest BCUT2D eigenvalue weighted by Gasteiger charge is 2.30. The average Bonchev–Trinajstić information content (AvgIpc) is 3.55. The van der Waals surface area contributed by atoms with E-state index in [1.807, 2.05) is 81.4 Å². The van der Waals surface area contributed by atoms with Crippen LogP contribution < -0.4 is 10.1 Å². The van der Waals surface area contributed by atoms with Gasteiger partial charge in [-0.15, -0.1) is 5.10 Å². The van der Waals surface area contributed by atoms with Gasteiger partial charge in [-0.1, -0.05) is 78.0 Å². The molecule has 1 N–H and O–H groups in total. The summed E-state index contributed by atoms with van der Waals surface area (Å²) in [7, 11) is 0. The maximum atomic E-state index is 13.8. The van der Waals surface area contributed by atoms with Gasteiger partial charge in [0.05, 0.1) is 5.52 Å². The number of fused-ring (bicyclic) bond motifs is 4. The van der Waals surface area contributed by atoms with Crippen LogP contribution in [0.4, 0.5) is 4.79 Å². The van der Waals surface area contributed by atoms with Gasteiger partial charge in [-0.25, -0.2) is 4.79 Å². The Morgan fingerprint density at radius 1 is 0.857 bits per heavy atom. The van der Waals surface area contributed by atoms with E-state index in [1.54, 1.807) is 12.1 Å². The maximum absolute atomic E-state index is 13.8. The molecule has 42 heavy (non-hydrogen) atoms. The van der Waals surface area contributed by atoms with Crippen LogP contribution in [0.5, 0.6) is 5.75 Å². The molecule has 0 bridgehead atoms. The van der Waals surface area contributed by atoms with Gasteiger partial charge in [-0.2, -0.15) is 4.68 Å². The average molecular weight is 561 g/mol. The summed E-state index contributed by atoms with van der Waals surface area (Å²) < 4.78 is 12.9. The minimum atomic E-state index is -0.944. The lowest BCUT2D eigenvalue weighted by Gasteiger charge is -2.22. The summed E-state index contributed by atoms with van der Waals surface area (Å²) in [5, 5.41) is 11.0. The zero-order valence-electron chi connectivity index (χ0n) is 23.8. The summed E-state index contributed by atoms with van der Waals surface area (Å²) in [6.07, 6.45) is -0.445. The van der Waals surface area contributed by atoms with E-state index in [-0.39, 0.29) is 24.5 Å². The fourth-order valence-corrected chi connectivity index (χ4v) is 5.44. The highest BCUT2D eigenvalue weighted by Crippen LogP contribution is 2.44. The second-order valence-corrected chi connectivity index (χ2v) is 11.4. The smallest absolute Gasteiger partial charge is 0.407 e. The largest absolute Gasteiger partial charge is 0.488 e. The van der Waals surface area contributed by atoms with Crippen molar-refractivity contribution >= 4 is 23.0 Å². The first kappa shape index (κ1) is 27.2. The Hall–Kier alpha value is -4.98. The van der Waals surface area contributed by atoms with Crippen LogP contribution in [0.15, 0.2) is 97.1 Å². The van der Waals surface area contributed by atoms with Crippen LogP contribution in [-0.2, 0) is 11.2 Å². The van der Waals surface area contributed by atoms with E-state index in [2.05, 4.69) is 39.9 Å². The number of aromatic nitrogens is 3. The Kier molecular flexibility index (Phi) is 7.20. The summed E-state index contributed by atoms with van der Waals surface area (Å²) in [5.74, 6) is 0.222. The third kappa shape index (κ3) is 5.61. The van der Waals surface area contributed by atoms with Crippen LogP contribution in [-0.4, -0.2) is 45.2 Å². The summed E-state index contributed by atoms with van der Waals surface area (Å²) in [5.41, 5.74) is 6.19. The van der Waals surface area contributed by atoms with E-state index >= 15 is 0 Å². The fraction of sp³-hybridized carbons (Fsp3) is 0.235. The van der Waals surface area contributed by atoms with Crippen LogP contribution in [0.3, 0.4) is 0 Å². The summed E-state index contributed by atoms with van der Waals surface area (Å²) >= 11 is 0. The summed E-state index contributed by atoms with van der Waals surface area (Å²) in [4.78, 5) is 27.0. The summed E-state index contributed by atoms with van der Waals surface area (Å²) in [6.45, 7) is 6.09. The Morgan fingerprint density at radius 2 is 1.48 bits per heavy atom. The van der Waals surface area contributed by atoms with E-state index in [9.17, 15) is 9.59 Å². The number of hydrogen-bond donors (Lipinski definition) is 1. The van der Waals surface area contributed by atoms with E-state index in [1.165, 1.54) is 4.68 Å². The van der Waals surface area contributed by atoms with E-state index in [4.69, 9.17) is 9.47 Å². The Bertz CT molecular complexity index is 1710. The molecule has 1 aliphatic carbocycles. The van der Waals surface area contributed by atoms with Crippen molar-refractivity contribution in [1.29, 1.82) is 0 Å². The van der Waals surface area contributed by atoms with Crippen molar-refractivity contribution in [3.05, 3.63) is 114 Å². The third-order valence-corrected chi connectivity index (χ3v) is 7.28. The number of carbonyl (C=O) groups is 2. The first-order chi connectivity index (χ1) is 20.3. The standard InChI is InChI=1S/C34H32N4O4/c1-34(2,3)42-23-18-16-22(17-19-23)20-30(32(39)38-31-15-9-8-14-29(31)36-37-38)35-33(40)41-21-28-26-12-6-4-10-24(26)25-11-5-7-13-27(25)28/h4-19,28,30H,20-21H2,1-3H3,(H,35,40). The topological polar surface area (TPSA) is 95.3 Å². The van der Waals surface area contributed by atoms with Crippen molar-refractivity contribution in [2.24, 2.45) is 0 Å². The lowest BCUT2D eigenvalue weighted by molar-refractivity contribution is 0.0826. The molecule has 0 spiro atoms. The van der Waals surface area contributed by atoms with Crippen LogP contribution in [0, 0.1) is 0 Å². The number of nitrogens with one attached hydrogen (secondary N) is 1. The molecule has 0 fully saturated rings. The second kappa shape index (κ2) is 11.1. The van der Waals surface area contributed by atoms with Crippen molar-refractivity contribution in [3.8, 4) is 16.9 Å². The van der Waals surface area contributed by atoms with Crippen molar-refractivity contribution in [2.75, 3.05) is 6.61 Å². The number of ether oxygens (including phenoxy) is 2. The molecular weight excluding hydrogens is 528 g/mol. The Morgan fingerprint density at radius 3 is 2.14 bits per heavy atom. The molecule has 0 radical (unpaired) electrons. The molecule has 0 aliphatic heterocycles. The molecule has 1 aromatic heterocycles. The van der Waals surface area contributed by atoms with E-state index < -0.39 is 18.0 Å². The number of rotatable bonds is 7. The first-order valence-electron chi connectivity index (χ1n) is 14.0. The molecule has 1 amide bonds. The highest BCUT2D eigenvalue weighted by atomic mass is 16.5. The minimum absolute atomic E-state index is 0.0908. The number of carbonyl (C=O) groups excluding carboxylic acids is 2. The zero-order valence-corrected chi connectivity index (χ0v) is 23.8. The molecule has 1 unspecified atom stereocenters. The molecule has 1 aliphatic rings. The molecular formula is C34H32N4O4. The SMILES string of the molecule is CC(C)(C)Oc1ccc(CC(NC(=O)OCC2c3ccccc3-c3ccccc32)C(=O)n2nnc3ccccc32)cc1. The van der Waals surface area contributed by atoms with Gasteiger partial charge in [0.2, 0.25) is 0 Å². The molecule has 0 saturated heterocycles. The number of para-hydroxylation sites is 1. The lowest BCUT2D eigenvalue weighted by Crippen LogP contribution is -2.45. The summed E-state index contributed by atoms with van der Waals surface area (Å²) in [6, 6.07) is 30.1. The van der Waals surface area contributed by atoms with Gasteiger partial charge in [0.15, 0.2) is 0 Å². The Balaban J connectivity index is 1.21. The van der Waals surface area contributed by atoms with Crippen molar-refractivity contribution in [1.82, 2.24) is 20.3 Å². The molecule has 6 rings (SSSR count). The van der Waals surface area contributed by atoms with Crippen LogP contribution >= 0.6 is 0 Å². The van der Waals surface area contributed by atoms with Gasteiger partial charge in [0.25, 0.3) is 5.91 Å². The normalized spacial score (nSPS) is 13.3. The fourth-order valence-electron chi connectivity index (χ4n) is 5.44. The van der Waals surface area contributed by atoms with E-state index in [0.717, 1.165) is 33.6 Å². The molecule has 0 saturated carbocycles. The van der Waals surface area contributed by atoms with Gasteiger partial charge in [-0.05, 0) is 72.9 Å². The predicted molar refractivity (Wildman–Crippen MR) is 161 cm³/mol. The number of hydrogen-bond acceptors (Lipinski definition) is 6. The molecule has 1 atom stereocenters.